The quantitative estimate of drug-likeness (QED) is 0.695. The molecule has 0 saturated carbocycles. The van der Waals surface area contributed by atoms with E-state index in [1.807, 2.05) is 0 Å². The molecule has 0 aliphatic heterocycles. The Kier molecular flexibility index (Phi) is 1.67. The van der Waals surface area contributed by atoms with E-state index in [9.17, 15) is 13.2 Å². The van der Waals surface area contributed by atoms with Gasteiger partial charge in [0.2, 0.25) is 0 Å². The molecule has 0 heterocycles. The molecule has 0 fully saturated rings. The van der Waals surface area contributed by atoms with Crippen molar-refractivity contribution in [1.82, 2.24) is 0 Å². The Morgan fingerprint density at radius 1 is 1.46 bits per heavy atom. The third kappa shape index (κ3) is 2.22. The molecule has 0 aliphatic carbocycles. The molecular weight excluding hydrogens is 247 g/mol. The Morgan fingerprint density at radius 3 is 2.54 bits per heavy atom. The zero-order valence-electron chi connectivity index (χ0n) is 8.96. The lowest BCUT2D eigenvalue weighted by Crippen LogP contribution is -2.06. The molecule has 0 bridgehead atoms. The minimum Gasteiger partial charge on any atom is -0.192 e. The summed E-state index contributed by atoms with van der Waals surface area (Å²) in [7, 11) is 0. The molecule has 1 aromatic carbocycles. The third-order valence-corrected chi connectivity index (χ3v) is 1.76. The van der Waals surface area contributed by atoms with E-state index in [1.165, 1.54) is 6.07 Å². The van der Waals surface area contributed by atoms with Crippen molar-refractivity contribution in [3.63, 3.8) is 0 Å². The fraction of sp³-hybridized carbons (Fsp3) is 0.125. The van der Waals surface area contributed by atoms with Crippen molar-refractivity contribution in [2.24, 2.45) is 0 Å². The van der Waals surface area contributed by atoms with Gasteiger partial charge in [-0.15, -0.1) is 0 Å². The Morgan fingerprint density at radius 2 is 2.08 bits per heavy atom. The van der Waals surface area contributed by atoms with E-state index in [1.54, 1.807) is 0 Å². The molecule has 0 amide bonds. The molecule has 0 atom stereocenters. The second-order valence-electron chi connectivity index (χ2n) is 2.05. The summed E-state index contributed by atoms with van der Waals surface area (Å²) in [5.74, 6) is 0. The first-order chi connectivity index (χ1) is 7.21. The highest BCUT2D eigenvalue weighted by Crippen LogP contribution is 2.35. The molecule has 1 rings (SSSR count). The van der Waals surface area contributed by atoms with Crippen LogP contribution in [-0.2, 0) is 6.18 Å². The minimum atomic E-state index is -4.84. The van der Waals surface area contributed by atoms with Crippen LogP contribution in [0.15, 0.2) is 22.6 Å². The second kappa shape index (κ2) is 3.38. The predicted octanol–water partition coefficient (Wildman–Crippen LogP) is 3.34. The molecule has 68 valence electrons. The van der Waals surface area contributed by atoms with Gasteiger partial charge in [0.15, 0.2) is 0 Å². The van der Waals surface area contributed by atoms with Gasteiger partial charge in [-0.25, -0.2) is 0 Å². The van der Waals surface area contributed by atoms with E-state index < -0.39 is 39.9 Å². The summed E-state index contributed by atoms with van der Waals surface area (Å²) in [6.45, 7) is 0. The van der Waals surface area contributed by atoms with Crippen LogP contribution in [0.4, 0.5) is 13.2 Å². The van der Waals surface area contributed by atoms with E-state index in [4.69, 9.17) is 9.37 Å². The number of rotatable bonds is 0. The van der Waals surface area contributed by atoms with E-state index in [2.05, 4.69) is 15.9 Å². The molecule has 13 heavy (non-hydrogen) atoms. The van der Waals surface area contributed by atoms with Gasteiger partial charge in [-0.3, -0.25) is 0 Å². The topological polar surface area (TPSA) is 23.8 Å². The van der Waals surface area contributed by atoms with Crippen LogP contribution in [-0.4, -0.2) is 0 Å². The molecule has 0 aliphatic rings. The van der Waals surface area contributed by atoms with Crippen LogP contribution in [0.1, 0.15) is 15.2 Å². The van der Waals surface area contributed by atoms with Crippen LogP contribution >= 0.6 is 15.9 Å². The van der Waals surface area contributed by atoms with Crippen molar-refractivity contribution in [3.05, 3.63) is 33.7 Å². The van der Waals surface area contributed by atoms with Gasteiger partial charge >= 0.3 is 6.18 Å². The monoisotopic (exact) mass is 252 g/mol. The van der Waals surface area contributed by atoms with Crippen molar-refractivity contribution in [2.75, 3.05) is 0 Å². The molecule has 1 aromatic rings. The average Bonchev–Trinajstić information content (AvgIpc) is 2.13. The number of hydrogen-bond acceptors (Lipinski definition) is 1. The predicted molar refractivity (Wildman–Crippen MR) is 43.9 cm³/mol. The summed E-state index contributed by atoms with van der Waals surface area (Å²) < 4.78 is 58.6. The van der Waals surface area contributed by atoms with Crippen molar-refractivity contribution >= 4 is 15.9 Å². The lowest BCUT2D eigenvalue weighted by atomic mass is 10.1. The number of nitrogens with zero attached hydrogens (tertiary/aromatic N) is 1. The maximum absolute atomic E-state index is 12.5. The van der Waals surface area contributed by atoms with E-state index in [0.29, 0.717) is 0 Å². The largest absolute Gasteiger partial charge is 0.417 e. The molecule has 0 saturated heterocycles. The summed E-state index contributed by atoms with van der Waals surface area (Å²) in [5.41, 5.74) is -2.15. The van der Waals surface area contributed by atoms with E-state index >= 15 is 0 Å². The van der Waals surface area contributed by atoms with Gasteiger partial charge in [0, 0.05) is 4.47 Å². The van der Waals surface area contributed by atoms with Gasteiger partial charge in [0.1, 0.15) is 0 Å². The first-order valence-corrected chi connectivity index (χ1v) is 3.77. The lowest BCUT2D eigenvalue weighted by Gasteiger charge is -2.08. The minimum absolute atomic E-state index is 0.686. The molecule has 1 nitrogen and oxygen atoms in total. The number of nitriles is 1. The van der Waals surface area contributed by atoms with Gasteiger partial charge < -0.3 is 0 Å². The van der Waals surface area contributed by atoms with Crippen molar-refractivity contribution < 1.29 is 17.3 Å². The number of hydrogen-bond donors (Lipinski definition) is 0. The molecule has 0 spiro atoms. The lowest BCUT2D eigenvalue weighted by molar-refractivity contribution is -0.138. The van der Waals surface area contributed by atoms with Gasteiger partial charge in [-0.05, 0) is 18.1 Å². The number of benzene rings is 1. The summed E-state index contributed by atoms with van der Waals surface area (Å²) in [5, 5.41) is 8.55. The Labute approximate surface area is 85.1 Å². The highest BCUT2D eigenvalue weighted by atomic mass is 79.9. The van der Waals surface area contributed by atoms with E-state index in [0.717, 1.165) is 0 Å². The highest BCUT2D eigenvalue weighted by Gasteiger charge is 2.33. The maximum atomic E-state index is 12.5. The summed E-state index contributed by atoms with van der Waals surface area (Å²) in [4.78, 5) is 0. The summed E-state index contributed by atoms with van der Waals surface area (Å²) in [6.07, 6.45) is -4.84. The van der Waals surface area contributed by atoms with Gasteiger partial charge in [0.05, 0.1) is 21.3 Å². The molecular formula is C8H3BrF3N. The Bertz CT molecular complexity index is 493. The van der Waals surface area contributed by atoms with Crippen LogP contribution in [0.25, 0.3) is 0 Å². The Hall–Kier alpha value is -1.02. The normalized spacial score (nSPS) is 14.2. The second-order valence-corrected chi connectivity index (χ2v) is 2.84. The molecule has 0 N–H and O–H groups in total. The Balaban J connectivity index is 3.78. The first-order valence-electron chi connectivity index (χ1n) is 4.48. The van der Waals surface area contributed by atoms with Gasteiger partial charge in [0.25, 0.3) is 0 Å². The standard InChI is InChI=1S/C8H3BrF3N/c9-7-2-1-5(4-13)3-6(7)8(10,11)12/h1-3H/i1D,2D,3D. The molecule has 0 unspecified atom stereocenters. The molecule has 0 radical (unpaired) electrons. The fourth-order valence-corrected chi connectivity index (χ4v) is 1.07. The third-order valence-electron chi connectivity index (χ3n) is 1.16. The zero-order chi connectivity index (χ0) is 12.7. The first kappa shape index (κ1) is 6.44. The van der Waals surface area contributed by atoms with Crippen LogP contribution in [0.2, 0.25) is 0 Å². The van der Waals surface area contributed by atoms with Crippen molar-refractivity contribution in [3.8, 4) is 6.07 Å². The smallest absolute Gasteiger partial charge is 0.192 e. The highest BCUT2D eigenvalue weighted by molar-refractivity contribution is 9.10. The summed E-state index contributed by atoms with van der Waals surface area (Å²) in [6, 6.07) is -1.19. The number of halogens is 4. The molecule has 5 heteroatoms. The van der Waals surface area contributed by atoms with Crippen LogP contribution in [0.5, 0.6) is 0 Å². The average molecular weight is 253 g/mol. The number of alkyl halides is 3. The van der Waals surface area contributed by atoms with Crippen LogP contribution < -0.4 is 0 Å². The van der Waals surface area contributed by atoms with Crippen LogP contribution in [0.3, 0.4) is 0 Å². The molecule has 0 aromatic heterocycles. The van der Waals surface area contributed by atoms with E-state index in [-0.39, 0.29) is 0 Å². The van der Waals surface area contributed by atoms with Crippen LogP contribution in [0, 0.1) is 11.3 Å². The SMILES string of the molecule is [2H]c1c([2H])c(C#N)c([2H])c(C(F)(F)F)c1Br. The van der Waals surface area contributed by atoms with Gasteiger partial charge in [-0.1, -0.05) is 15.9 Å². The van der Waals surface area contributed by atoms with Crippen molar-refractivity contribution in [2.45, 2.75) is 6.18 Å². The summed E-state index contributed by atoms with van der Waals surface area (Å²) >= 11 is 2.52. The zero-order valence-corrected chi connectivity index (χ0v) is 7.55. The van der Waals surface area contributed by atoms with Gasteiger partial charge in [-0.2, -0.15) is 18.4 Å². The van der Waals surface area contributed by atoms with Crippen molar-refractivity contribution in [1.29, 1.82) is 5.26 Å². The fourth-order valence-electron chi connectivity index (χ4n) is 0.642. The maximum Gasteiger partial charge on any atom is 0.417 e.